The smallest absolute Gasteiger partial charge is 0.225 e. The second-order valence-electron chi connectivity index (χ2n) is 9.84. The summed E-state index contributed by atoms with van der Waals surface area (Å²) in [5, 5.41) is 0.740. The van der Waals surface area contributed by atoms with E-state index in [1.165, 1.54) is 5.56 Å². The normalized spacial score (nSPS) is 18.1. The molecule has 4 aromatic rings. The average molecular weight is 470 g/mol. The van der Waals surface area contributed by atoms with Crippen molar-refractivity contribution < 1.29 is 4.79 Å². The Labute approximate surface area is 205 Å². The Kier molecular flexibility index (Phi) is 5.41. The maximum Gasteiger partial charge on any atom is 0.225 e. The van der Waals surface area contributed by atoms with E-state index in [0.717, 1.165) is 77.5 Å². The number of likely N-dealkylation sites (tertiary alicyclic amines) is 1. The van der Waals surface area contributed by atoms with Gasteiger partial charge in [0.1, 0.15) is 5.82 Å². The minimum absolute atomic E-state index is 0.296. The summed E-state index contributed by atoms with van der Waals surface area (Å²) in [6, 6.07) is 23.0. The van der Waals surface area contributed by atoms with Gasteiger partial charge in [-0.05, 0) is 73.1 Å². The van der Waals surface area contributed by atoms with Gasteiger partial charge in [0.15, 0.2) is 0 Å². The molecular weight excluding hydrogens is 442 g/mol. The first-order chi connectivity index (χ1) is 16.5. The summed E-state index contributed by atoms with van der Waals surface area (Å²) in [5.41, 5.74) is 6.74. The highest BCUT2D eigenvalue weighted by Gasteiger charge is 2.36. The lowest BCUT2D eigenvalue weighted by atomic mass is 10.0. The van der Waals surface area contributed by atoms with Gasteiger partial charge in [-0.2, -0.15) is 0 Å². The quantitative estimate of drug-likeness (QED) is 0.330. The maximum absolute atomic E-state index is 12.6. The van der Waals surface area contributed by atoms with Crippen LogP contribution in [0.15, 0.2) is 66.7 Å². The molecule has 172 valence electrons. The van der Waals surface area contributed by atoms with Crippen LogP contribution < -0.4 is 0 Å². The molecule has 0 spiro atoms. The number of benzene rings is 3. The molecule has 1 saturated carbocycles. The van der Waals surface area contributed by atoms with Gasteiger partial charge in [-0.15, -0.1) is 0 Å². The van der Waals surface area contributed by atoms with Crippen molar-refractivity contribution in [3.05, 3.63) is 77.3 Å². The zero-order valence-electron chi connectivity index (χ0n) is 19.4. The molecule has 1 aromatic heterocycles. The van der Waals surface area contributed by atoms with Gasteiger partial charge in [-0.25, -0.2) is 4.98 Å². The summed E-state index contributed by atoms with van der Waals surface area (Å²) >= 11 is 6.19. The monoisotopic (exact) mass is 469 g/mol. The third-order valence-corrected chi connectivity index (χ3v) is 7.40. The Morgan fingerprint density at radius 1 is 0.971 bits per heavy atom. The molecule has 0 N–H and O–H groups in total. The van der Waals surface area contributed by atoms with E-state index in [-0.39, 0.29) is 0 Å². The van der Waals surface area contributed by atoms with Gasteiger partial charge in [-0.3, -0.25) is 4.79 Å². The minimum Gasteiger partial charge on any atom is -0.342 e. The summed E-state index contributed by atoms with van der Waals surface area (Å²) in [5.74, 6) is 2.10. The Morgan fingerprint density at radius 2 is 1.76 bits per heavy atom. The largest absolute Gasteiger partial charge is 0.342 e. The van der Waals surface area contributed by atoms with Crippen LogP contribution in [0.1, 0.15) is 24.8 Å². The number of aromatic nitrogens is 2. The second-order valence-corrected chi connectivity index (χ2v) is 10.3. The first kappa shape index (κ1) is 21.4. The molecule has 1 aliphatic carbocycles. The number of imidazole rings is 1. The second kappa shape index (κ2) is 8.59. The Morgan fingerprint density at radius 3 is 2.53 bits per heavy atom. The van der Waals surface area contributed by atoms with Gasteiger partial charge in [0.05, 0.1) is 11.0 Å². The molecule has 2 fully saturated rings. The van der Waals surface area contributed by atoms with Crippen molar-refractivity contribution in [3.8, 4) is 22.5 Å². The minimum atomic E-state index is 0.296. The zero-order valence-corrected chi connectivity index (χ0v) is 20.1. The van der Waals surface area contributed by atoms with Gasteiger partial charge in [-0.1, -0.05) is 54.1 Å². The van der Waals surface area contributed by atoms with E-state index < -0.39 is 0 Å². The molecule has 5 heteroatoms. The number of rotatable bonds is 5. The fourth-order valence-electron chi connectivity index (χ4n) is 5.15. The van der Waals surface area contributed by atoms with Crippen LogP contribution in [-0.2, 0) is 11.3 Å². The van der Waals surface area contributed by atoms with E-state index in [4.69, 9.17) is 16.6 Å². The highest BCUT2D eigenvalue weighted by molar-refractivity contribution is 6.30. The van der Waals surface area contributed by atoms with Crippen molar-refractivity contribution >= 4 is 28.5 Å². The van der Waals surface area contributed by atoms with E-state index in [2.05, 4.69) is 64.9 Å². The summed E-state index contributed by atoms with van der Waals surface area (Å²) < 4.78 is 2.36. The van der Waals surface area contributed by atoms with Crippen LogP contribution in [0.4, 0.5) is 0 Å². The number of aryl methyl sites for hydroxylation is 1. The molecule has 2 aliphatic rings. The predicted octanol–water partition coefficient (Wildman–Crippen LogP) is 6.59. The lowest BCUT2D eigenvalue weighted by molar-refractivity contribution is -0.131. The van der Waals surface area contributed by atoms with Gasteiger partial charge in [0.25, 0.3) is 0 Å². The van der Waals surface area contributed by atoms with E-state index in [9.17, 15) is 4.79 Å². The van der Waals surface area contributed by atoms with Crippen molar-refractivity contribution in [2.45, 2.75) is 32.7 Å². The molecule has 2 heterocycles. The van der Waals surface area contributed by atoms with Crippen LogP contribution in [0.2, 0.25) is 5.02 Å². The van der Waals surface area contributed by atoms with Gasteiger partial charge in [0.2, 0.25) is 5.91 Å². The molecule has 1 saturated heterocycles. The third kappa shape index (κ3) is 4.12. The molecule has 6 rings (SSSR count). The molecule has 3 aromatic carbocycles. The average Bonchev–Trinajstić information content (AvgIpc) is 3.49. The Balaban J connectivity index is 1.32. The molecule has 0 unspecified atom stereocenters. The number of halogens is 1. The molecule has 0 bridgehead atoms. The van der Waals surface area contributed by atoms with Crippen LogP contribution in [0, 0.1) is 18.8 Å². The fraction of sp³-hybridized carbons (Fsp3) is 0.310. The Hall–Kier alpha value is -3.11. The summed E-state index contributed by atoms with van der Waals surface area (Å²) in [6.45, 7) is 4.72. The van der Waals surface area contributed by atoms with E-state index in [0.29, 0.717) is 17.7 Å². The molecule has 0 radical (unpaired) electrons. The van der Waals surface area contributed by atoms with Crippen molar-refractivity contribution in [3.63, 3.8) is 0 Å². The highest BCUT2D eigenvalue weighted by atomic mass is 35.5. The third-order valence-electron chi connectivity index (χ3n) is 7.17. The number of nitrogens with zero attached hydrogens (tertiary/aromatic N) is 3. The highest BCUT2D eigenvalue weighted by Crippen LogP contribution is 2.34. The SMILES string of the molecule is Cc1ccc2c(c1)nc(-c1ccc(-c3cccc(Cl)c3)cc1)n2C[C@@H]1CCN(C(=O)C2CC2)C1. The van der Waals surface area contributed by atoms with E-state index >= 15 is 0 Å². The van der Waals surface area contributed by atoms with Crippen LogP contribution in [0.5, 0.6) is 0 Å². The summed E-state index contributed by atoms with van der Waals surface area (Å²) in [7, 11) is 0. The summed E-state index contributed by atoms with van der Waals surface area (Å²) in [4.78, 5) is 19.7. The van der Waals surface area contributed by atoms with Crippen molar-refractivity contribution in [2.24, 2.45) is 11.8 Å². The maximum atomic E-state index is 12.6. The first-order valence-corrected chi connectivity index (χ1v) is 12.5. The summed E-state index contributed by atoms with van der Waals surface area (Å²) in [6.07, 6.45) is 3.19. The van der Waals surface area contributed by atoms with Crippen LogP contribution in [0.25, 0.3) is 33.5 Å². The van der Waals surface area contributed by atoms with Crippen LogP contribution >= 0.6 is 11.6 Å². The fourth-order valence-corrected chi connectivity index (χ4v) is 5.34. The molecule has 1 atom stereocenters. The van der Waals surface area contributed by atoms with Gasteiger partial charge in [0, 0.05) is 36.1 Å². The number of amides is 1. The van der Waals surface area contributed by atoms with Crippen LogP contribution in [-0.4, -0.2) is 33.4 Å². The first-order valence-electron chi connectivity index (χ1n) is 12.2. The topological polar surface area (TPSA) is 38.1 Å². The van der Waals surface area contributed by atoms with Crippen LogP contribution in [0.3, 0.4) is 0 Å². The van der Waals surface area contributed by atoms with Crippen molar-refractivity contribution in [1.29, 1.82) is 0 Å². The number of carbonyl (C=O) groups is 1. The van der Waals surface area contributed by atoms with Crippen molar-refractivity contribution in [1.82, 2.24) is 14.5 Å². The lowest BCUT2D eigenvalue weighted by Gasteiger charge is -2.18. The van der Waals surface area contributed by atoms with E-state index in [1.54, 1.807) is 0 Å². The number of hydrogen-bond acceptors (Lipinski definition) is 2. The standard InChI is InChI=1S/C29H28ClN3O/c1-19-5-12-27-26(15-19)31-28(22-8-6-21(7-9-22)24-3-2-4-25(30)16-24)33(27)18-20-13-14-32(17-20)29(34)23-10-11-23/h2-9,12,15-16,20,23H,10-11,13-14,17-18H2,1H3/t20-/m1/s1. The molecule has 34 heavy (non-hydrogen) atoms. The Bertz CT molecular complexity index is 1370. The zero-order chi connectivity index (χ0) is 23.2. The molecule has 1 amide bonds. The molecular formula is C29H28ClN3O. The molecule has 4 nitrogen and oxygen atoms in total. The van der Waals surface area contributed by atoms with Gasteiger partial charge < -0.3 is 9.47 Å². The number of fused-ring (bicyclic) bond motifs is 1. The lowest BCUT2D eigenvalue weighted by Crippen LogP contribution is -2.30. The van der Waals surface area contributed by atoms with Gasteiger partial charge >= 0.3 is 0 Å². The molecule has 1 aliphatic heterocycles. The van der Waals surface area contributed by atoms with Crippen molar-refractivity contribution in [2.75, 3.05) is 13.1 Å². The number of hydrogen-bond donors (Lipinski definition) is 0. The van der Waals surface area contributed by atoms with E-state index in [1.807, 2.05) is 18.2 Å². The number of carbonyl (C=O) groups excluding carboxylic acids is 1. The predicted molar refractivity (Wildman–Crippen MR) is 138 cm³/mol.